The van der Waals surface area contributed by atoms with Crippen LogP contribution in [0.15, 0.2) is 35.3 Å². The second kappa shape index (κ2) is 10.8. The van der Waals surface area contributed by atoms with E-state index in [-0.39, 0.29) is 17.9 Å². The first kappa shape index (κ1) is 21.1. The number of anilines is 1. The molecule has 6 heteroatoms. The number of nitrogens with one attached hydrogen (secondary N) is 2. The van der Waals surface area contributed by atoms with Crippen molar-refractivity contribution in [3.8, 4) is 0 Å². The Morgan fingerprint density at radius 1 is 1.26 bits per heavy atom. The molecule has 6 nitrogen and oxygen atoms in total. The molecule has 1 aromatic rings. The van der Waals surface area contributed by atoms with Crippen LogP contribution in [-0.4, -0.2) is 56.2 Å². The number of esters is 1. The van der Waals surface area contributed by atoms with Crippen molar-refractivity contribution < 1.29 is 9.53 Å². The maximum Gasteiger partial charge on any atom is 0.308 e. The lowest BCUT2D eigenvalue weighted by Gasteiger charge is -2.33. The fourth-order valence-corrected chi connectivity index (χ4v) is 3.28. The molecule has 1 aliphatic rings. The number of likely N-dealkylation sites (tertiary alicyclic amines) is 1. The number of carbonyl (C=O) groups is 1. The number of para-hydroxylation sites is 1. The Bertz CT molecular complexity index is 595. The van der Waals surface area contributed by atoms with E-state index in [0.717, 1.165) is 44.1 Å². The van der Waals surface area contributed by atoms with Crippen molar-refractivity contribution in [2.45, 2.75) is 39.7 Å². The minimum Gasteiger partial charge on any atom is -0.469 e. The second-order valence-corrected chi connectivity index (χ2v) is 7.34. The number of methoxy groups -OCH3 is 1. The van der Waals surface area contributed by atoms with E-state index in [2.05, 4.69) is 48.4 Å². The number of piperidine rings is 1. The summed E-state index contributed by atoms with van der Waals surface area (Å²) in [5, 5.41) is 6.99. The van der Waals surface area contributed by atoms with E-state index in [1.54, 1.807) is 0 Å². The van der Waals surface area contributed by atoms with Crippen LogP contribution in [0.4, 0.5) is 5.69 Å². The monoisotopic (exact) mass is 374 g/mol. The number of benzene rings is 1. The van der Waals surface area contributed by atoms with Gasteiger partial charge in [0.05, 0.1) is 19.6 Å². The number of aliphatic imine (C=N–C) groups is 1. The van der Waals surface area contributed by atoms with E-state index < -0.39 is 0 Å². The lowest BCUT2D eigenvalue weighted by Crippen LogP contribution is -2.47. The highest BCUT2D eigenvalue weighted by Gasteiger charge is 2.27. The lowest BCUT2D eigenvalue weighted by molar-refractivity contribution is -0.146. The number of rotatable bonds is 7. The quantitative estimate of drug-likeness (QED) is 0.436. The van der Waals surface area contributed by atoms with Crippen LogP contribution in [0.5, 0.6) is 0 Å². The number of hydrogen-bond acceptors (Lipinski definition) is 4. The average Bonchev–Trinajstić information content (AvgIpc) is 2.70. The van der Waals surface area contributed by atoms with Crippen LogP contribution in [0.1, 0.15) is 33.6 Å². The number of guanidine groups is 1. The standard InChI is InChI=1S/C21H34N4O2/c1-5-22-21(25-13-11-17(12-14-25)20(26)27-4)23-15-19(16(2)3)24-18-9-7-6-8-10-18/h6-10,16-17,19,24H,5,11-15H2,1-4H3,(H,22,23). The van der Waals surface area contributed by atoms with Gasteiger partial charge < -0.3 is 20.3 Å². The molecular weight excluding hydrogens is 340 g/mol. The number of hydrogen-bond donors (Lipinski definition) is 2. The molecule has 1 aromatic carbocycles. The Morgan fingerprint density at radius 2 is 1.93 bits per heavy atom. The maximum absolute atomic E-state index is 11.7. The summed E-state index contributed by atoms with van der Waals surface area (Å²) in [7, 11) is 1.46. The first-order chi connectivity index (χ1) is 13.0. The minimum absolute atomic E-state index is 0.0114. The van der Waals surface area contributed by atoms with Gasteiger partial charge >= 0.3 is 5.97 Å². The van der Waals surface area contributed by atoms with Gasteiger partial charge in [-0.05, 0) is 37.8 Å². The molecule has 1 unspecified atom stereocenters. The molecule has 1 atom stereocenters. The highest BCUT2D eigenvalue weighted by Crippen LogP contribution is 2.19. The molecule has 0 aliphatic carbocycles. The third-order valence-corrected chi connectivity index (χ3v) is 5.03. The molecular formula is C21H34N4O2. The molecule has 1 saturated heterocycles. The molecule has 0 spiro atoms. The van der Waals surface area contributed by atoms with E-state index in [9.17, 15) is 4.79 Å². The van der Waals surface area contributed by atoms with Crippen molar-refractivity contribution in [2.75, 3.05) is 38.6 Å². The Morgan fingerprint density at radius 3 is 2.48 bits per heavy atom. The Labute approximate surface area is 163 Å². The van der Waals surface area contributed by atoms with Gasteiger partial charge in [-0.25, -0.2) is 0 Å². The number of carbonyl (C=O) groups excluding carboxylic acids is 1. The molecule has 2 rings (SSSR count). The lowest BCUT2D eigenvalue weighted by atomic mass is 9.97. The molecule has 0 bridgehead atoms. The topological polar surface area (TPSA) is 66.0 Å². The van der Waals surface area contributed by atoms with Crippen LogP contribution in [-0.2, 0) is 9.53 Å². The summed E-state index contributed by atoms with van der Waals surface area (Å²) in [5.74, 6) is 1.31. The molecule has 1 heterocycles. The van der Waals surface area contributed by atoms with Crippen LogP contribution < -0.4 is 10.6 Å². The smallest absolute Gasteiger partial charge is 0.308 e. The second-order valence-electron chi connectivity index (χ2n) is 7.34. The zero-order chi connectivity index (χ0) is 19.6. The predicted octanol–water partition coefficient (Wildman–Crippen LogP) is 2.97. The summed E-state index contributed by atoms with van der Waals surface area (Å²) in [6.45, 7) is 9.68. The molecule has 0 aromatic heterocycles. The summed E-state index contributed by atoms with van der Waals surface area (Å²) in [4.78, 5) is 18.9. The van der Waals surface area contributed by atoms with Gasteiger partial charge in [0.1, 0.15) is 0 Å². The van der Waals surface area contributed by atoms with Crippen LogP contribution in [0.25, 0.3) is 0 Å². The third-order valence-electron chi connectivity index (χ3n) is 5.03. The van der Waals surface area contributed by atoms with Crippen molar-refractivity contribution in [1.29, 1.82) is 0 Å². The normalized spacial score (nSPS) is 16.9. The highest BCUT2D eigenvalue weighted by atomic mass is 16.5. The van der Waals surface area contributed by atoms with Crippen molar-refractivity contribution >= 4 is 17.6 Å². The van der Waals surface area contributed by atoms with E-state index in [4.69, 9.17) is 9.73 Å². The molecule has 1 fully saturated rings. The predicted molar refractivity (Wildman–Crippen MR) is 111 cm³/mol. The summed E-state index contributed by atoms with van der Waals surface area (Å²) in [6, 6.07) is 10.5. The van der Waals surface area contributed by atoms with Gasteiger partial charge in [0.2, 0.25) is 0 Å². The Balaban J connectivity index is 1.99. The number of nitrogens with zero attached hydrogens (tertiary/aromatic N) is 2. The van der Waals surface area contributed by atoms with Crippen molar-refractivity contribution in [3.05, 3.63) is 30.3 Å². The average molecular weight is 375 g/mol. The van der Waals surface area contributed by atoms with Crippen LogP contribution in [0, 0.1) is 11.8 Å². The van der Waals surface area contributed by atoms with Crippen molar-refractivity contribution in [3.63, 3.8) is 0 Å². The Hall–Kier alpha value is -2.24. The van der Waals surface area contributed by atoms with E-state index >= 15 is 0 Å². The van der Waals surface area contributed by atoms with E-state index in [1.807, 2.05) is 18.2 Å². The summed E-state index contributed by atoms with van der Waals surface area (Å²) in [5.41, 5.74) is 1.12. The maximum atomic E-state index is 11.7. The van der Waals surface area contributed by atoms with Gasteiger partial charge in [-0.1, -0.05) is 32.0 Å². The van der Waals surface area contributed by atoms with Gasteiger partial charge in [-0.15, -0.1) is 0 Å². The zero-order valence-corrected chi connectivity index (χ0v) is 17.1. The molecule has 2 N–H and O–H groups in total. The zero-order valence-electron chi connectivity index (χ0n) is 17.1. The fraction of sp³-hybridized carbons (Fsp3) is 0.619. The fourth-order valence-electron chi connectivity index (χ4n) is 3.28. The van der Waals surface area contributed by atoms with Gasteiger partial charge in [-0.3, -0.25) is 9.79 Å². The Kier molecular flexibility index (Phi) is 8.43. The first-order valence-electron chi connectivity index (χ1n) is 9.97. The SMILES string of the molecule is CCNC(=NCC(Nc1ccccc1)C(C)C)N1CCC(C(=O)OC)CC1. The van der Waals surface area contributed by atoms with Gasteiger partial charge in [0.25, 0.3) is 0 Å². The van der Waals surface area contributed by atoms with E-state index in [0.29, 0.717) is 12.5 Å². The van der Waals surface area contributed by atoms with Gasteiger partial charge in [-0.2, -0.15) is 0 Å². The molecule has 1 aliphatic heterocycles. The number of ether oxygens (including phenoxy) is 1. The highest BCUT2D eigenvalue weighted by molar-refractivity contribution is 5.80. The van der Waals surface area contributed by atoms with Crippen molar-refractivity contribution in [1.82, 2.24) is 10.2 Å². The molecule has 0 amide bonds. The summed E-state index contributed by atoms with van der Waals surface area (Å²) >= 11 is 0. The largest absolute Gasteiger partial charge is 0.469 e. The van der Waals surface area contributed by atoms with Crippen LogP contribution >= 0.6 is 0 Å². The summed E-state index contributed by atoms with van der Waals surface area (Å²) < 4.78 is 4.88. The summed E-state index contributed by atoms with van der Waals surface area (Å²) in [6.07, 6.45) is 1.62. The van der Waals surface area contributed by atoms with Crippen LogP contribution in [0.3, 0.4) is 0 Å². The first-order valence-corrected chi connectivity index (χ1v) is 9.97. The molecule has 0 radical (unpaired) electrons. The van der Waals surface area contributed by atoms with Crippen molar-refractivity contribution in [2.24, 2.45) is 16.8 Å². The third kappa shape index (κ3) is 6.45. The van der Waals surface area contributed by atoms with Crippen LogP contribution in [0.2, 0.25) is 0 Å². The molecule has 27 heavy (non-hydrogen) atoms. The molecule has 150 valence electrons. The minimum atomic E-state index is -0.0940. The van der Waals surface area contributed by atoms with Gasteiger partial charge in [0.15, 0.2) is 5.96 Å². The van der Waals surface area contributed by atoms with E-state index in [1.165, 1.54) is 7.11 Å². The van der Waals surface area contributed by atoms with Gasteiger partial charge in [0, 0.05) is 31.4 Å². The molecule has 0 saturated carbocycles.